The Morgan fingerprint density at radius 3 is 2.14 bits per heavy atom. The van der Waals surface area contributed by atoms with Crippen molar-refractivity contribution in [2.45, 2.75) is 20.8 Å². The highest BCUT2D eigenvalue weighted by atomic mass is 16.3. The average molecular weight is 104 g/mol. The summed E-state index contributed by atoms with van der Waals surface area (Å²) >= 11 is 0. The van der Waals surface area contributed by atoms with Crippen LogP contribution in [-0.4, -0.2) is 17.5 Å². The quantitative estimate of drug-likeness (QED) is 0.556. The van der Waals surface area contributed by atoms with Gasteiger partial charge in [0.25, 0.3) is 0 Å². The van der Waals surface area contributed by atoms with Gasteiger partial charge in [-0.15, -0.1) is 0 Å². The lowest BCUT2D eigenvalue weighted by molar-refractivity contribution is -0.121. The van der Waals surface area contributed by atoms with E-state index in [0.717, 1.165) is 0 Å². The Morgan fingerprint density at radius 1 is 1.71 bits per heavy atom. The van der Waals surface area contributed by atoms with Gasteiger partial charge in [-0.1, -0.05) is 14.4 Å². The molecule has 44 valence electrons. The molecule has 0 rings (SSSR count). The van der Waals surface area contributed by atoms with Crippen molar-refractivity contribution in [1.29, 1.82) is 0 Å². The summed E-state index contributed by atoms with van der Waals surface area (Å²) in [7, 11) is 0. The Bertz CT molecular complexity index is 44.0. The van der Waals surface area contributed by atoms with Crippen molar-refractivity contribution in [3.05, 3.63) is 0 Å². The van der Waals surface area contributed by atoms with Gasteiger partial charge >= 0.3 is 0 Å². The first-order valence-corrected chi connectivity index (χ1v) is 1.93. The van der Waals surface area contributed by atoms with E-state index in [2.05, 4.69) is 0 Å². The third-order valence-electron chi connectivity index (χ3n) is 0.571. The number of carbonyl (C=O) groups excluding carboxylic acids is 1. The smallest absolute Gasteiger partial charge is 0.157 e. The summed E-state index contributed by atoms with van der Waals surface area (Å²) in [4.78, 5) is 9.93. The van der Waals surface area contributed by atoms with Gasteiger partial charge in [-0.2, -0.15) is 0 Å². The fourth-order valence-corrected chi connectivity index (χ4v) is 0.112. The Hall–Kier alpha value is -0.370. The van der Waals surface area contributed by atoms with Crippen LogP contribution in [0.5, 0.6) is 0 Å². The first kappa shape index (κ1) is 9.80. The Morgan fingerprint density at radius 2 is 2.14 bits per heavy atom. The third-order valence-corrected chi connectivity index (χ3v) is 0.571. The molecule has 0 unspecified atom stereocenters. The standard InChI is InChI=1S/C4H8O2.CH4/c1-2-4(6)3-5;/h5H,2-3H2,1H3;1H4. The first-order chi connectivity index (χ1) is 2.81. The second-order valence-corrected chi connectivity index (χ2v) is 1.05. The van der Waals surface area contributed by atoms with Gasteiger partial charge in [-0.3, -0.25) is 4.79 Å². The van der Waals surface area contributed by atoms with Gasteiger partial charge < -0.3 is 5.11 Å². The summed E-state index contributed by atoms with van der Waals surface area (Å²) in [5.41, 5.74) is 0. The maximum atomic E-state index is 9.93. The van der Waals surface area contributed by atoms with Crippen molar-refractivity contribution in [2.24, 2.45) is 0 Å². The van der Waals surface area contributed by atoms with Gasteiger partial charge in [-0.25, -0.2) is 0 Å². The minimum atomic E-state index is -0.309. The summed E-state index contributed by atoms with van der Waals surface area (Å²) in [6, 6.07) is 0. The molecular formula is C5H12O2. The van der Waals surface area contributed by atoms with Crippen LogP contribution in [0.1, 0.15) is 20.8 Å². The molecule has 0 aliphatic heterocycles. The second-order valence-electron chi connectivity index (χ2n) is 1.05. The molecule has 2 nitrogen and oxygen atoms in total. The highest BCUT2D eigenvalue weighted by Gasteiger charge is 1.88. The van der Waals surface area contributed by atoms with Crippen LogP contribution in [0.3, 0.4) is 0 Å². The zero-order valence-corrected chi connectivity index (χ0v) is 3.77. The van der Waals surface area contributed by atoms with Crippen molar-refractivity contribution in [3.8, 4) is 0 Å². The predicted octanol–water partition coefficient (Wildman–Crippen LogP) is 0.594. The molecule has 0 saturated carbocycles. The minimum Gasteiger partial charge on any atom is -0.389 e. The van der Waals surface area contributed by atoms with Gasteiger partial charge in [0.2, 0.25) is 0 Å². The summed E-state index contributed by atoms with van der Waals surface area (Å²) in [5.74, 6) is -0.102. The molecule has 2 heteroatoms. The SMILES string of the molecule is C.CCC(=O)CO. The molecular weight excluding hydrogens is 92.1 g/mol. The van der Waals surface area contributed by atoms with Gasteiger partial charge in [0.1, 0.15) is 6.61 Å². The van der Waals surface area contributed by atoms with Crippen LogP contribution in [0.2, 0.25) is 0 Å². The number of aliphatic hydroxyl groups is 1. The first-order valence-electron chi connectivity index (χ1n) is 1.93. The molecule has 1 N–H and O–H groups in total. The number of carbonyl (C=O) groups is 1. The van der Waals surface area contributed by atoms with Crippen molar-refractivity contribution in [1.82, 2.24) is 0 Å². The molecule has 0 aromatic rings. The molecule has 0 bridgehead atoms. The van der Waals surface area contributed by atoms with E-state index in [9.17, 15) is 4.79 Å². The number of aliphatic hydroxyl groups excluding tert-OH is 1. The molecule has 0 saturated heterocycles. The Balaban J connectivity index is 0. The molecule has 0 spiro atoms. The van der Waals surface area contributed by atoms with Crippen LogP contribution >= 0.6 is 0 Å². The summed E-state index contributed by atoms with van der Waals surface area (Å²) in [5, 5.41) is 7.99. The van der Waals surface area contributed by atoms with E-state index in [-0.39, 0.29) is 19.8 Å². The van der Waals surface area contributed by atoms with Crippen molar-refractivity contribution in [3.63, 3.8) is 0 Å². The van der Waals surface area contributed by atoms with E-state index in [1.165, 1.54) is 0 Å². The predicted molar refractivity (Wildman–Crippen MR) is 29.1 cm³/mol. The zero-order chi connectivity index (χ0) is 4.99. The molecule has 0 amide bonds. The molecule has 0 aliphatic carbocycles. The number of ketones is 1. The summed E-state index contributed by atoms with van der Waals surface area (Å²) in [6.07, 6.45) is 0.441. The summed E-state index contributed by atoms with van der Waals surface area (Å²) < 4.78 is 0. The highest BCUT2D eigenvalue weighted by Crippen LogP contribution is 1.73. The Labute approximate surface area is 44.2 Å². The minimum absolute atomic E-state index is 0. The summed E-state index contributed by atoms with van der Waals surface area (Å²) in [6.45, 7) is 1.41. The molecule has 0 aromatic heterocycles. The maximum Gasteiger partial charge on any atom is 0.157 e. The van der Waals surface area contributed by atoms with Crippen molar-refractivity contribution < 1.29 is 9.90 Å². The lowest BCUT2D eigenvalue weighted by atomic mass is 10.3. The Kier molecular flexibility index (Phi) is 7.88. The normalized spacial score (nSPS) is 7.14. The molecule has 0 aliphatic rings. The van der Waals surface area contributed by atoms with Gasteiger partial charge in [0.15, 0.2) is 5.78 Å². The molecule has 7 heavy (non-hydrogen) atoms. The molecule has 0 aromatic carbocycles. The van der Waals surface area contributed by atoms with Crippen molar-refractivity contribution in [2.75, 3.05) is 6.61 Å². The molecule has 0 atom stereocenters. The topological polar surface area (TPSA) is 37.3 Å². The lowest BCUT2D eigenvalue weighted by Gasteiger charge is -1.81. The fourth-order valence-electron chi connectivity index (χ4n) is 0.112. The van der Waals surface area contributed by atoms with Crippen LogP contribution in [0.25, 0.3) is 0 Å². The van der Waals surface area contributed by atoms with Crippen LogP contribution in [0.4, 0.5) is 0 Å². The zero-order valence-electron chi connectivity index (χ0n) is 3.77. The van der Waals surface area contributed by atoms with Gasteiger partial charge in [0.05, 0.1) is 0 Å². The highest BCUT2D eigenvalue weighted by molar-refractivity contribution is 5.78. The van der Waals surface area contributed by atoms with E-state index in [1.807, 2.05) is 0 Å². The average Bonchev–Trinajstić information content (AvgIpc) is 1.65. The number of hydrogen-bond donors (Lipinski definition) is 1. The van der Waals surface area contributed by atoms with Crippen LogP contribution in [-0.2, 0) is 4.79 Å². The lowest BCUT2D eigenvalue weighted by Crippen LogP contribution is -1.99. The molecule has 0 heterocycles. The maximum absolute atomic E-state index is 9.93. The van der Waals surface area contributed by atoms with E-state index in [4.69, 9.17) is 5.11 Å². The van der Waals surface area contributed by atoms with Crippen molar-refractivity contribution >= 4 is 5.78 Å². The van der Waals surface area contributed by atoms with Gasteiger partial charge in [-0.05, 0) is 0 Å². The second kappa shape index (κ2) is 5.63. The molecule has 0 fully saturated rings. The van der Waals surface area contributed by atoms with E-state index in [0.29, 0.717) is 6.42 Å². The van der Waals surface area contributed by atoms with E-state index in [1.54, 1.807) is 6.92 Å². The number of hydrogen-bond acceptors (Lipinski definition) is 2. The van der Waals surface area contributed by atoms with Crippen LogP contribution < -0.4 is 0 Å². The third kappa shape index (κ3) is 5.63. The van der Waals surface area contributed by atoms with Crippen LogP contribution in [0.15, 0.2) is 0 Å². The van der Waals surface area contributed by atoms with Gasteiger partial charge in [0, 0.05) is 6.42 Å². The number of rotatable bonds is 2. The molecule has 0 radical (unpaired) electrons. The number of Topliss-reactive ketones (excluding diaryl/α,β-unsaturated/α-hetero) is 1. The fraction of sp³-hybridized carbons (Fsp3) is 0.800. The van der Waals surface area contributed by atoms with Crippen LogP contribution in [0, 0.1) is 0 Å². The van der Waals surface area contributed by atoms with E-state index >= 15 is 0 Å². The largest absolute Gasteiger partial charge is 0.389 e. The van der Waals surface area contributed by atoms with E-state index < -0.39 is 0 Å². The monoisotopic (exact) mass is 104 g/mol.